The van der Waals surface area contributed by atoms with Crippen LogP contribution in [0, 0.1) is 0 Å². The molecule has 2 aromatic rings. The maximum Gasteiger partial charge on any atom is 0.124 e. The monoisotopic (exact) mass is 381 g/mol. The average molecular weight is 382 g/mol. The Balaban J connectivity index is 1.46. The molecule has 1 saturated heterocycles. The second-order valence-electron chi connectivity index (χ2n) is 7.56. The number of morpholine rings is 1. The molecular formula is C23H31N3O2. The maximum absolute atomic E-state index is 5.94. The van der Waals surface area contributed by atoms with E-state index in [1.54, 1.807) is 0 Å². The molecule has 5 heteroatoms. The Bertz CT molecular complexity index is 760. The summed E-state index contributed by atoms with van der Waals surface area (Å²) < 4.78 is 11.5. The highest BCUT2D eigenvalue weighted by atomic mass is 16.5. The Hall–Kier alpha value is -1.95. The number of ether oxygens (including phenoxy) is 2. The number of nitrogens with zero attached hydrogens (tertiary/aromatic N) is 2. The zero-order valence-electron chi connectivity index (χ0n) is 16.8. The summed E-state index contributed by atoms with van der Waals surface area (Å²) in [4.78, 5) is 7.10. The Kier molecular flexibility index (Phi) is 6.57. The molecule has 1 aliphatic carbocycles. The van der Waals surface area contributed by atoms with E-state index in [9.17, 15) is 0 Å². The van der Waals surface area contributed by atoms with Crippen LogP contribution in [-0.2, 0) is 24.1 Å². The van der Waals surface area contributed by atoms with Crippen molar-refractivity contribution in [2.45, 2.75) is 38.8 Å². The Morgan fingerprint density at radius 2 is 2.00 bits per heavy atom. The van der Waals surface area contributed by atoms with E-state index in [1.165, 1.54) is 36.0 Å². The van der Waals surface area contributed by atoms with Crippen molar-refractivity contribution >= 4 is 0 Å². The first-order valence-corrected chi connectivity index (χ1v) is 10.6. The third-order valence-electron chi connectivity index (χ3n) is 5.74. The highest BCUT2D eigenvalue weighted by Crippen LogP contribution is 2.30. The molecule has 2 aliphatic rings. The lowest BCUT2D eigenvalue weighted by Gasteiger charge is -2.34. The molecule has 1 aromatic heterocycles. The van der Waals surface area contributed by atoms with E-state index in [-0.39, 0.29) is 6.04 Å². The van der Waals surface area contributed by atoms with E-state index in [1.807, 2.05) is 12.3 Å². The minimum Gasteiger partial charge on any atom is -0.494 e. The van der Waals surface area contributed by atoms with Crippen LogP contribution in [-0.4, -0.2) is 49.3 Å². The molecule has 4 rings (SSSR count). The molecule has 5 nitrogen and oxygen atoms in total. The fourth-order valence-electron chi connectivity index (χ4n) is 4.31. The van der Waals surface area contributed by atoms with Crippen molar-refractivity contribution < 1.29 is 9.47 Å². The van der Waals surface area contributed by atoms with Crippen molar-refractivity contribution in [1.82, 2.24) is 15.2 Å². The highest BCUT2D eigenvalue weighted by Gasteiger charge is 2.23. The molecule has 1 atom stereocenters. The number of pyridine rings is 1. The number of hydrogen-bond donors (Lipinski definition) is 1. The molecule has 1 unspecified atom stereocenters. The first kappa shape index (κ1) is 19.4. The lowest BCUT2D eigenvalue weighted by Crippen LogP contribution is -2.43. The van der Waals surface area contributed by atoms with Crippen molar-refractivity contribution in [2.75, 3.05) is 39.5 Å². The summed E-state index contributed by atoms with van der Waals surface area (Å²) >= 11 is 0. The predicted molar refractivity (Wildman–Crippen MR) is 111 cm³/mol. The van der Waals surface area contributed by atoms with Gasteiger partial charge in [0.1, 0.15) is 5.75 Å². The molecule has 1 N–H and O–H groups in total. The summed E-state index contributed by atoms with van der Waals surface area (Å²) in [6.07, 6.45) is 5.52. The summed E-state index contributed by atoms with van der Waals surface area (Å²) in [7, 11) is 0. The fraction of sp³-hybridized carbons (Fsp3) is 0.522. The van der Waals surface area contributed by atoms with Crippen LogP contribution in [0.2, 0.25) is 0 Å². The van der Waals surface area contributed by atoms with Crippen molar-refractivity contribution in [3.8, 4) is 5.75 Å². The number of aryl methyl sites for hydroxylation is 2. The van der Waals surface area contributed by atoms with Gasteiger partial charge in [-0.3, -0.25) is 9.88 Å². The maximum atomic E-state index is 5.94. The number of nitrogens with one attached hydrogen (secondary N) is 1. The molecule has 0 saturated carbocycles. The lowest BCUT2D eigenvalue weighted by molar-refractivity contribution is 0.0152. The van der Waals surface area contributed by atoms with Gasteiger partial charge < -0.3 is 14.8 Å². The van der Waals surface area contributed by atoms with Crippen molar-refractivity contribution in [3.63, 3.8) is 0 Å². The van der Waals surface area contributed by atoms with Gasteiger partial charge in [-0.15, -0.1) is 0 Å². The van der Waals surface area contributed by atoms with Gasteiger partial charge in [-0.1, -0.05) is 12.1 Å². The standard InChI is InChI=1S/C23H31N3O2/c1-2-28-23-15-19-7-5-6-18(19)14-20(23)16-24-17-22(21-8-3-4-9-25-21)26-10-12-27-13-11-26/h3-4,8-9,14-15,22,24H,2,5-7,10-13,16-17H2,1H3. The van der Waals surface area contributed by atoms with Gasteiger partial charge in [0.25, 0.3) is 0 Å². The summed E-state index contributed by atoms with van der Waals surface area (Å²) in [5.74, 6) is 1.04. The molecule has 0 bridgehead atoms. The minimum atomic E-state index is 0.259. The van der Waals surface area contributed by atoms with Crippen LogP contribution in [0.4, 0.5) is 0 Å². The van der Waals surface area contributed by atoms with Crippen LogP contribution in [0.15, 0.2) is 36.5 Å². The average Bonchev–Trinajstić information content (AvgIpc) is 3.20. The van der Waals surface area contributed by atoms with E-state index < -0.39 is 0 Å². The van der Waals surface area contributed by atoms with Gasteiger partial charge in [-0.25, -0.2) is 0 Å². The van der Waals surface area contributed by atoms with E-state index >= 15 is 0 Å². The number of fused-ring (bicyclic) bond motifs is 1. The molecule has 1 aliphatic heterocycles. The van der Waals surface area contributed by atoms with E-state index in [0.717, 1.165) is 50.8 Å². The second kappa shape index (κ2) is 9.50. The molecule has 1 fully saturated rings. The minimum absolute atomic E-state index is 0.259. The zero-order chi connectivity index (χ0) is 19.2. The van der Waals surface area contributed by atoms with Gasteiger partial charge in [0.05, 0.1) is 31.6 Å². The lowest BCUT2D eigenvalue weighted by atomic mass is 10.0. The first-order valence-electron chi connectivity index (χ1n) is 10.6. The quantitative estimate of drug-likeness (QED) is 0.761. The third-order valence-corrected chi connectivity index (χ3v) is 5.74. The van der Waals surface area contributed by atoms with Crippen LogP contribution in [0.3, 0.4) is 0 Å². The van der Waals surface area contributed by atoms with Gasteiger partial charge in [-0.05, 0) is 55.5 Å². The molecule has 0 spiro atoms. The van der Waals surface area contributed by atoms with E-state index in [2.05, 4.69) is 46.4 Å². The Labute approximate surface area is 168 Å². The van der Waals surface area contributed by atoms with Gasteiger partial charge in [0.2, 0.25) is 0 Å². The second-order valence-corrected chi connectivity index (χ2v) is 7.56. The highest BCUT2D eigenvalue weighted by molar-refractivity contribution is 5.44. The molecule has 1 aromatic carbocycles. The van der Waals surface area contributed by atoms with Crippen molar-refractivity contribution in [2.24, 2.45) is 0 Å². The van der Waals surface area contributed by atoms with Gasteiger partial charge in [0.15, 0.2) is 0 Å². The topological polar surface area (TPSA) is 46.6 Å². The van der Waals surface area contributed by atoms with Crippen LogP contribution >= 0.6 is 0 Å². The number of benzene rings is 1. The smallest absolute Gasteiger partial charge is 0.124 e. The van der Waals surface area contributed by atoms with Crippen LogP contribution < -0.4 is 10.1 Å². The summed E-state index contributed by atoms with van der Waals surface area (Å²) in [5.41, 5.74) is 5.35. The summed E-state index contributed by atoms with van der Waals surface area (Å²) in [5, 5.41) is 3.69. The Morgan fingerprint density at radius 3 is 2.75 bits per heavy atom. The largest absolute Gasteiger partial charge is 0.494 e. The van der Waals surface area contributed by atoms with Crippen LogP contribution in [0.5, 0.6) is 5.75 Å². The molecule has 150 valence electrons. The summed E-state index contributed by atoms with van der Waals surface area (Å²) in [6.45, 7) is 7.93. The van der Waals surface area contributed by atoms with Crippen LogP contribution in [0.1, 0.15) is 41.8 Å². The van der Waals surface area contributed by atoms with Crippen LogP contribution in [0.25, 0.3) is 0 Å². The number of aromatic nitrogens is 1. The normalized spacial score (nSPS) is 18.0. The van der Waals surface area contributed by atoms with Crippen molar-refractivity contribution in [1.29, 1.82) is 0 Å². The fourth-order valence-corrected chi connectivity index (χ4v) is 4.31. The molecule has 0 radical (unpaired) electrons. The first-order chi connectivity index (χ1) is 13.8. The van der Waals surface area contributed by atoms with E-state index in [0.29, 0.717) is 6.61 Å². The van der Waals surface area contributed by atoms with Gasteiger partial charge in [0, 0.05) is 37.9 Å². The Morgan fingerprint density at radius 1 is 1.18 bits per heavy atom. The SMILES string of the molecule is CCOc1cc2c(cc1CNCC(c1ccccn1)N1CCOCC1)CCC2. The third kappa shape index (κ3) is 4.54. The number of rotatable bonds is 8. The zero-order valence-corrected chi connectivity index (χ0v) is 16.8. The molecular weight excluding hydrogens is 350 g/mol. The molecule has 28 heavy (non-hydrogen) atoms. The summed E-state index contributed by atoms with van der Waals surface area (Å²) in [6, 6.07) is 11.1. The number of hydrogen-bond acceptors (Lipinski definition) is 5. The van der Waals surface area contributed by atoms with E-state index in [4.69, 9.17) is 9.47 Å². The predicted octanol–water partition coefficient (Wildman–Crippen LogP) is 3.13. The van der Waals surface area contributed by atoms with Gasteiger partial charge in [-0.2, -0.15) is 0 Å². The molecule has 2 heterocycles. The molecule has 0 amide bonds. The van der Waals surface area contributed by atoms with Crippen molar-refractivity contribution in [3.05, 3.63) is 58.9 Å². The van der Waals surface area contributed by atoms with Gasteiger partial charge >= 0.3 is 0 Å².